The minimum absolute atomic E-state index is 0.0913. The molecule has 2 rings (SSSR count). The summed E-state index contributed by atoms with van der Waals surface area (Å²) in [5, 5.41) is 14.2. The molecule has 8 nitrogen and oxygen atoms in total. The lowest BCUT2D eigenvalue weighted by Crippen LogP contribution is -2.19. The first-order valence-electron chi connectivity index (χ1n) is 7.51. The molecule has 2 aromatic rings. The van der Waals surface area contributed by atoms with Gasteiger partial charge in [0.2, 0.25) is 10.0 Å². The van der Waals surface area contributed by atoms with Crippen LogP contribution in [-0.4, -0.2) is 27.5 Å². The van der Waals surface area contributed by atoms with Crippen molar-refractivity contribution in [1.29, 1.82) is 0 Å². The molecule has 0 aliphatic heterocycles. The maximum atomic E-state index is 13.8. The van der Waals surface area contributed by atoms with Crippen LogP contribution in [0.2, 0.25) is 0 Å². The van der Waals surface area contributed by atoms with Crippen LogP contribution >= 0.6 is 0 Å². The Kier molecular flexibility index (Phi) is 5.78. The third-order valence-corrected chi connectivity index (χ3v) is 5.20. The molecule has 2 N–H and O–H groups in total. The van der Waals surface area contributed by atoms with Crippen LogP contribution in [0.1, 0.15) is 18.5 Å². The zero-order chi connectivity index (χ0) is 19.5. The van der Waals surface area contributed by atoms with E-state index < -0.39 is 32.5 Å². The summed E-state index contributed by atoms with van der Waals surface area (Å²) in [6.07, 6.45) is 0. The number of nitrogens with one attached hydrogen (secondary N) is 2. The molecule has 0 heterocycles. The molecule has 140 valence electrons. The molecule has 1 atom stereocenters. The molecule has 0 radical (unpaired) electrons. The molecule has 0 aliphatic rings. The molecule has 0 amide bonds. The third-order valence-electron chi connectivity index (χ3n) is 3.79. The van der Waals surface area contributed by atoms with Crippen molar-refractivity contribution < 1.29 is 22.5 Å². The molecule has 1 unspecified atom stereocenters. The standard InChI is InChI=1S/C16H18FN3O5S/c1-10(11-4-7-16(25-3)13(17)8-11)19-14-6-5-12(26(23,24)18-2)9-15(14)20(21)22/h4-10,18-19H,1-3H3. The molecular weight excluding hydrogens is 365 g/mol. The zero-order valence-corrected chi connectivity index (χ0v) is 15.1. The summed E-state index contributed by atoms with van der Waals surface area (Å²) in [5.41, 5.74) is 0.264. The molecule has 0 aromatic heterocycles. The van der Waals surface area contributed by atoms with E-state index in [2.05, 4.69) is 10.0 Å². The summed E-state index contributed by atoms with van der Waals surface area (Å²) >= 11 is 0. The first kappa shape index (κ1) is 19.6. The number of ether oxygens (including phenoxy) is 1. The van der Waals surface area contributed by atoms with E-state index in [0.29, 0.717) is 5.56 Å². The van der Waals surface area contributed by atoms with E-state index in [9.17, 15) is 22.9 Å². The normalized spacial score (nSPS) is 12.5. The van der Waals surface area contributed by atoms with Crippen LogP contribution < -0.4 is 14.8 Å². The highest BCUT2D eigenvalue weighted by Gasteiger charge is 2.22. The van der Waals surface area contributed by atoms with Gasteiger partial charge in [-0.3, -0.25) is 10.1 Å². The van der Waals surface area contributed by atoms with Crippen LogP contribution in [0.25, 0.3) is 0 Å². The SMILES string of the molecule is CNS(=O)(=O)c1ccc(NC(C)c2ccc(OC)c(F)c2)c([N+](=O)[O-])c1. The van der Waals surface area contributed by atoms with Crippen molar-refractivity contribution >= 4 is 21.4 Å². The molecule has 0 aliphatic carbocycles. The second-order valence-electron chi connectivity index (χ2n) is 5.40. The number of nitro benzene ring substituents is 1. The zero-order valence-electron chi connectivity index (χ0n) is 14.3. The highest BCUT2D eigenvalue weighted by atomic mass is 32.2. The molecule has 0 saturated carbocycles. The van der Waals surface area contributed by atoms with Gasteiger partial charge in [0, 0.05) is 12.1 Å². The van der Waals surface area contributed by atoms with E-state index in [4.69, 9.17) is 4.74 Å². The number of hydrogen-bond donors (Lipinski definition) is 2. The van der Waals surface area contributed by atoms with E-state index in [0.717, 1.165) is 6.07 Å². The minimum Gasteiger partial charge on any atom is -0.494 e. The fraction of sp³-hybridized carbons (Fsp3) is 0.250. The topological polar surface area (TPSA) is 111 Å². The Balaban J connectivity index is 2.36. The number of rotatable bonds is 7. The van der Waals surface area contributed by atoms with Crippen LogP contribution in [0.5, 0.6) is 5.75 Å². The lowest BCUT2D eigenvalue weighted by molar-refractivity contribution is -0.384. The highest BCUT2D eigenvalue weighted by molar-refractivity contribution is 7.89. The van der Waals surface area contributed by atoms with Crippen LogP contribution in [0.4, 0.5) is 15.8 Å². The largest absolute Gasteiger partial charge is 0.494 e. The van der Waals surface area contributed by atoms with Gasteiger partial charge in [0.25, 0.3) is 5.69 Å². The number of hydrogen-bond acceptors (Lipinski definition) is 6. The van der Waals surface area contributed by atoms with Crippen LogP contribution in [0.15, 0.2) is 41.3 Å². The van der Waals surface area contributed by atoms with Crippen LogP contribution in [-0.2, 0) is 10.0 Å². The van der Waals surface area contributed by atoms with Crippen molar-refractivity contribution in [3.63, 3.8) is 0 Å². The summed E-state index contributed by atoms with van der Waals surface area (Å²) < 4.78 is 44.4. The fourth-order valence-corrected chi connectivity index (χ4v) is 3.09. The predicted octanol–water partition coefficient (Wildman–Crippen LogP) is 2.82. The van der Waals surface area contributed by atoms with E-state index in [1.54, 1.807) is 13.0 Å². The second-order valence-corrected chi connectivity index (χ2v) is 7.29. The van der Waals surface area contributed by atoms with Crippen molar-refractivity contribution in [2.24, 2.45) is 0 Å². The Hall–Kier alpha value is -2.72. The van der Waals surface area contributed by atoms with Gasteiger partial charge in [-0.05, 0) is 43.8 Å². The van der Waals surface area contributed by atoms with Gasteiger partial charge in [-0.1, -0.05) is 6.07 Å². The number of sulfonamides is 1. The molecule has 0 fully saturated rings. The Bertz CT molecular complexity index is 933. The molecule has 0 spiro atoms. The number of methoxy groups -OCH3 is 1. The minimum atomic E-state index is -3.81. The van der Waals surface area contributed by atoms with Crippen molar-refractivity contribution in [2.45, 2.75) is 17.9 Å². The highest BCUT2D eigenvalue weighted by Crippen LogP contribution is 2.31. The maximum Gasteiger partial charge on any atom is 0.293 e. The van der Waals surface area contributed by atoms with Gasteiger partial charge in [-0.15, -0.1) is 0 Å². The smallest absolute Gasteiger partial charge is 0.293 e. The van der Waals surface area contributed by atoms with Crippen molar-refractivity contribution in [3.05, 3.63) is 57.9 Å². The van der Waals surface area contributed by atoms with Gasteiger partial charge in [-0.25, -0.2) is 17.5 Å². The lowest BCUT2D eigenvalue weighted by Gasteiger charge is -2.17. The summed E-state index contributed by atoms with van der Waals surface area (Å²) in [5.74, 6) is -0.461. The van der Waals surface area contributed by atoms with Gasteiger partial charge >= 0.3 is 0 Å². The Labute approximate surface area is 150 Å². The van der Waals surface area contributed by atoms with Gasteiger partial charge in [0.1, 0.15) is 5.69 Å². The number of anilines is 1. The van der Waals surface area contributed by atoms with Crippen LogP contribution in [0.3, 0.4) is 0 Å². The Morgan fingerprint density at radius 1 is 1.23 bits per heavy atom. The Morgan fingerprint density at radius 3 is 2.46 bits per heavy atom. The molecule has 0 saturated heterocycles. The van der Waals surface area contributed by atoms with Crippen molar-refractivity contribution in [3.8, 4) is 5.75 Å². The quantitative estimate of drug-likeness (QED) is 0.562. The Morgan fingerprint density at radius 2 is 1.92 bits per heavy atom. The number of benzene rings is 2. The molecule has 10 heteroatoms. The predicted molar refractivity (Wildman–Crippen MR) is 94.3 cm³/mol. The third kappa shape index (κ3) is 4.09. The average molecular weight is 383 g/mol. The monoisotopic (exact) mass is 383 g/mol. The van der Waals surface area contributed by atoms with Crippen molar-refractivity contribution in [2.75, 3.05) is 19.5 Å². The number of halogens is 1. The maximum absolute atomic E-state index is 13.8. The van der Waals surface area contributed by atoms with Gasteiger partial charge in [0.15, 0.2) is 11.6 Å². The first-order valence-corrected chi connectivity index (χ1v) is 9.00. The summed E-state index contributed by atoms with van der Waals surface area (Å²) in [4.78, 5) is 10.4. The van der Waals surface area contributed by atoms with Gasteiger partial charge in [0.05, 0.1) is 16.9 Å². The second kappa shape index (κ2) is 7.67. The van der Waals surface area contributed by atoms with Gasteiger partial charge in [-0.2, -0.15) is 0 Å². The first-order chi connectivity index (χ1) is 12.2. The fourth-order valence-electron chi connectivity index (χ4n) is 2.34. The van der Waals surface area contributed by atoms with Crippen molar-refractivity contribution in [1.82, 2.24) is 4.72 Å². The molecule has 26 heavy (non-hydrogen) atoms. The summed E-state index contributed by atoms with van der Waals surface area (Å²) in [7, 11) is -1.24. The lowest BCUT2D eigenvalue weighted by atomic mass is 10.1. The average Bonchev–Trinajstić information content (AvgIpc) is 2.61. The van der Waals surface area contributed by atoms with E-state index in [1.165, 1.54) is 38.4 Å². The summed E-state index contributed by atoms with van der Waals surface area (Å²) in [6.45, 7) is 1.70. The van der Waals surface area contributed by atoms with E-state index >= 15 is 0 Å². The molecular formula is C16H18FN3O5S. The number of nitro groups is 1. The van der Waals surface area contributed by atoms with E-state index in [-0.39, 0.29) is 16.3 Å². The van der Waals surface area contributed by atoms with Crippen LogP contribution in [0, 0.1) is 15.9 Å². The summed E-state index contributed by atoms with van der Waals surface area (Å²) in [6, 6.07) is 7.41. The molecule has 2 aromatic carbocycles. The number of nitrogens with zero attached hydrogens (tertiary/aromatic N) is 1. The van der Waals surface area contributed by atoms with E-state index in [1.807, 2.05) is 0 Å². The van der Waals surface area contributed by atoms with Gasteiger partial charge < -0.3 is 10.1 Å². The molecule has 0 bridgehead atoms.